The minimum atomic E-state index is -0.254. The fourth-order valence-electron chi connectivity index (χ4n) is 2.93. The number of piperazine rings is 1. The van der Waals surface area contributed by atoms with Gasteiger partial charge in [-0.05, 0) is 40.4 Å². The lowest BCUT2D eigenvalue weighted by atomic mass is 10.1. The molecule has 1 aromatic carbocycles. The summed E-state index contributed by atoms with van der Waals surface area (Å²) in [6.45, 7) is 1.29. The van der Waals surface area contributed by atoms with Gasteiger partial charge < -0.3 is 15.5 Å². The molecule has 2 aliphatic rings. The van der Waals surface area contributed by atoms with E-state index in [2.05, 4.69) is 15.9 Å². The highest BCUT2D eigenvalue weighted by Gasteiger charge is 2.41. The Hall–Kier alpha value is -1.56. The number of nitrogen functional groups attached to an aromatic ring is 1. The Labute approximate surface area is 125 Å². The van der Waals surface area contributed by atoms with Gasteiger partial charge in [-0.2, -0.15) is 0 Å². The minimum Gasteiger partial charge on any atom is -0.398 e. The van der Waals surface area contributed by atoms with Gasteiger partial charge in [-0.15, -0.1) is 0 Å². The van der Waals surface area contributed by atoms with Gasteiger partial charge in [-0.3, -0.25) is 9.59 Å². The molecule has 5 nitrogen and oxygen atoms in total. The summed E-state index contributed by atoms with van der Waals surface area (Å²) >= 11 is 3.44. The number of fused-ring (bicyclic) bond motifs is 1. The monoisotopic (exact) mass is 337 g/mol. The third-order valence-corrected chi connectivity index (χ3v) is 4.93. The van der Waals surface area contributed by atoms with E-state index in [1.165, 1.54) is 0 Å². The largest absolute Gasteiger partial charge is 0.398 e. The van der Waals surface area contributed by atoms with Crippen molar-refractivity contribution in [1.82, 2.24) is 9.80 Å². The van der Waals surface area contributed by atoms with Gasteiger partial charge in [-0.25, -0.2) is 0 Å². The molecule has 2 aliphatic heterocycles. The molecule has 2 heterocycles. The van der Waals surface area contributed by atoms with Crippen molar-refractivity contribution in [3.63, 3.8) is 0 Å². The topological polar surface area (TPSA) is 66.6 Å². The lowest BCUT2D eigenvalue weighted by molar-refractivity contribution is -0.154. The van der Waals surface area contributed by atoms with Crippen molar-refractivity contribution in [2.24, 2.45) is 0 Å². The number of carbonyl (C=O) groups is 2. The van der Waals surface area contributed by atoms with Crippen LogP contribution in [-0.4, -0.2) is 40.7 Å². The van der Waals surface area contributed by atoms with E-state index in [9.17, 15) is 9.59 Å². The second-order valence-corrected chi connectivity index (χ2v) is 6.05. The lowest BCUT2D eigenvalue weighted by Gasteiger charge is -2.36. The predicted molar refractivity (Wildman–Crippen MR) is 78.7 cm³/mol. The maximum Gasteiger partial charge on any atom is 0.246 e. The molecule has 20 heavy (non-hydrogen) atoms. The molecule has 2 fully saturated rings. The maximum atomic E-state index is 12.4. The highest BCUT2D eigenvalue weighted by atomic mass is 79.9. The van der Waals surface area contributed by atoms with Crippen molar-refractivity contribution in [2.45, 2.75) is 25.4 Å². The number of halogens is 1. The van der Waals surface area contributed by atoms with Crippen LogP contribution in [0.15, 0.2) is 22.7 Å². The Kier molecular flexibility index (Phi) is 3.41. The molecular formula is C14H16BrN3O2. The zero-order chi connectivity index (χ0) is 14.3. The van der Waals surface area contributed by atoms with Gasteiger partial charge in [0.05, 0.1) is 0 Å². The van der Waals surface area contributed by atoms with E-state index in [1.54, 1.807) is 15.9 Å². The normalized spacial score (nSPS) is 22.4. The highest BCUT2D eigenvalue weighted by molar-refractivity contribution is 9.10. The summed E-state index contributed by atoms with van der Waals surface area (Å²) in [7, 11) is 0. The van der Waals surface area contributed by atoms with Crippen LogP contribution in [0.5, 0.6) is 0 Å². The van der Waals surface area contributed by atoms with Gasteiger partial charge in [0.25, 0.3) is 0 Å². The van der Waals surface area contributed by atoms with Crippen molar-refractivity contribution in [3.8, 4) is 0 Å². The van der Waals surface area contributed by atoms with Gasteiger partial charge in [0, 0.05) is 23.2 Å². The summed E-state index contributed by atoms with van der Waals surface area (Å²) in [5, 5.41) is 0. The van der Waals surface area contributed by atoms with E-state index in [0.717, 1.165) is 22.9 Å². The quantitative estimate of drug-likeness (QED) is 0.828. The molecular weight excluding hydrogens is 322 g/mol. The van der Waals surface area contributed by atoms with Gasteiger partial charge in [0.15, 0.2) is 0 Å². The first-order valence-corrected chi connectivity index (χ1v) is 7.48. The fourth-order valence-corrected chi connectivity index (χ4v) is 3.32. The first kappa shape index (κ1) is 13.4. The van der Waals surface area contributed by atoms with Crippen LogP contribution in [-0.2, 0) is 16.1 Å². The standard InChI is InChI=1S/C14H16BrN3O2/c15-13-9(3-1-4-10(13)16)7-17-8-12(19)18-6-2-5-11(18)14(17)20/h1,3-4,11H,2,5-8,16H2. The van der Waals surface area contributed by atoms with E-state index < -0.39 is 0 Å². The van der Waals surface area contributed by atoms with E-state index in [0.29, 0.717) is 18.8 Å². The van der Waals surface area contributed by atoms with Gasteiger partial charge in [-0.1, -0.05) is 12.1 Å². The van der Waals surface area contributed by atoms with E-state index in [-0.39, 0.29) is 24.4 Å². The molecule has 2 N–H and O–H groups in total. The Bertz CT molecular complexity index is 576. The summed E-state index contributed by atoms with van der Waals surface area (Å²) in [6, 6.07) is 5.32. The summed E-state index contributed by atoms with van der Waals surface area (Å²) in [5.74, 6) is 0.101. The third-order valence-electron chi connectivity index (χ3n) is 3.97. The molecule has 2 amide bonds. The number of anilines is 1. The number of benzene rings is 1. The summed E-state index contributed by atoms with van der Waals surface area (Å²) in [5.41, 5.74) is 7.42. The van der Waals surface area contributed by atoms with Crippen LogP contribution in [0.4, 0.5) is 5.69 Å². The molecule has 1 unspecified atom stereocenters. The number of hydrogen-bond acceptors (Lipinski definition) is 3. The van der Waals surface area contributed by atoms with Crippen LogP contribution in [0, 0.1) is 0 Å². The summed E-state index contributed by atoms with van der Waals surface area (Å²) in [6.07, 6.45) is 1.69. The average Bonchev–Trinajstić information content (AvgIpc) is 2.91. The number of nitrogens with two attached hydrogens (primary N) is 1. The van der Waals surface area contributed by atoms with E-state index in [4.69, 9.17) is 5.73 Å². The maximum absolute atomic E-state index is 12.4. The van der Waals surface area contributed by atoms with Crippen LogP contribution in [0.3, 0.4) is 0 Å². The molecule has 106 valence electrons. The van der Waals surface area contributed by atoms with Gasteiger partial charge >= 0.3 is 0 Å². The first-order valence-electron chi connectivity index (χ1n) is 6.69. The molecule has 0 aliphatic carbocycles. The molecule has 0 spiro atoms. The number of amides is 2. The molecule has 1 atom stereocenters. The summed E-state index contributed by atoms with van der Waals surface area (Å²) < 4.78 is 0.800. The molecule has 0 aromatic heterocycles. The van der Waals surface area contributed by atoms with Gasteiger partial charge in [0.2, 0.25) is 11.8 Å². The minimum absolute atomic E-state index is 0.0483. The molecule has 0 bridgehead atoms. The van der Waals surface area contributed by atoms with E-state index >= 15 is 0 Å². The zero-order valence-electron chi connectivity index (χ0n) is 11.0. The summed E-state index contributed by atoms with van der Waals surface area (Å²) in [4.78, 5) is 27.9. The van der Waals surface area contributed by atoms with Crippen molar-refractivity contribution < 1.29 is 9.59 Å². The highest BCUT2D eigenvalue weighted by Crippen LogP contribution is 2.28. The number of rotatable bonds is 2. The van der Waals surface area contributed by atoms with Crippen molar-refractivity contribution >= 4 is 33.4 Å². The molecule has 3 rings (SSSR count). The van der Waals surface area contributed by atoms with Crippen LogP contribution in [0.2, 0.25) is 0 Å². The van der Waals surface area contributed by atoms with Crippen LogP contribution >= 0.6 is 15.9 Å². The number of nitrogens with zero attached hydrogens (tertiary/aromatic N) is 2. The molecule has 6 heteroatoms. The fraction of sp³-hybridized carbons (Fsp3) is 0.429. The Morgan fingerprint density at radius 1 is 1.35 bits per heavy atom. The van der Waals surface area contributed by atoms with Crippen LogP contribution < -0.4 is 5.73 Å². The van der Waals surface area contributed by atoms with Crippen molar-refractivity contribution in [3.05, 3.63) is 28.2 Å². The molecule has 0 saturated carbocycles. The number of hydrogen-bond donors (Lipinski definition) is 1. The zero-order valence-corrected chi connectivity index (χ0v) is 12.6. The SMILES string of the molecule is Nc1cccc(CN2CC(=O)N3CCCC3C2=O)c1Br. The van der Waals surface area contributed by atoms with Crippen LogP contribution in [0.25, 0.3) is 0 Å². The van der Waals surface area contributed by atoms with E-state index in [1.807, 2.05) is 12.1 Å². The molecule has 0 radical (unpaired) electrons. The van der Waals surface area contributed by atoms with Gasteiger partial charge in [0.1, 0.15) is 12.6 Å². The first-order chi connectivity index (χ1) is 9.58. The second kappa shape index (κ2) is 5.09. The average molecular weight is 338 g/mol. The molecule has 2 saturated heterocycles. The number of carbonyl (C=O) groups excluding carboxylic acids is 2. The Balaban J connectivity index is 1.82. The van der Waals surface area contributed by atoms with Crippen molar-refractivity contribution in [1.29, 1.82) is 0 Å². The predicted octanol–water partition coefficient (Wildman–Crippen LogP) is 1.36. The third kappa shape index (κ3) is 2.18. The Morgan fingerprint density at radius 2 is 2.15 bits per heavy atom. The lowest BCUT2D eigenvalue weighted by Crippen LogP contribution is -2.56. The van der Waals surface area contributed by atoms with Crippen LogP contribution in [0.1, 0.15) is 18.4 Å². The second-order valence-electron chi connectivity index (χ2n) is 5.26. The van der Waals surface area contributed by atoms with Crippen molar-refractivity contribution in [2.75, 3.05) is 18.8 Å². The molecule has 1 aromatic rings. The Morgan fingerprint density at radius 3 is 2.95 bits per heavy atom. The smallest absolute Gasteiger partial charge is 0.246 e.